The van der Waals surface area contributed by atoms with Crippen molar-refractivity contribution in [1.82, 2.24) is 4.37 Å². The Kier molecular flexibility index (Phi) is 13.6. The molecule has 3 aromatic rings. The van der Waals surface area contributed by atoms with Crippen molar-refractivity contribution in [3.63, 3.8) is 0 Å². The monoisotopic (exact) mass is 475 g/mol. The van der Waals surface area contributed by atoms with Gasteiger partial charge in [-0.25, -0.2) is 4.37 Å². The first-order valence-corrected chi connectivity index (χ1v) is 12.2. The maximum atomic E-state index is 4.03. The lowest BCUT2D eigenvalue weighted by Crippen LogP contribution is -2.10. The minimum atomic E-state index is 0. The molecule has 0 spiro atoms. The molecule has 0 aliphatic rings. The van der Waals surface area contributed by atoms with Crippen LogP contribution in [0.15, 0.2) is 48.7 Å². The van der Waals surface area contributed by atoms with Gasteiger partial charge in [0.2, 0.25) is 0 Å². The molecule has 1 nitrogen and oxygen atoms in total. The van der Waals surface area contributed by atoms with Crippen molar-refractivity contribution in [2.45, 2.75) is 107 Å². The van der Waals surface area contributed by atoms with Crippen LogP contribution < -0.4 is 0 Å². The molecule has 0 bridgehead atoms. The van der Waals surface area contributed by atoms with Crippen molar-refractivity contribution >= 4 is 22.9 Å². The molecule has 0 amide bonds. The number of aryl methyl sites for hydroxylation is 2. The maximum absolute atomic E-state index is 4.03. The fourth-order valence-electron chi connectivity index (χ4n) is 2.55. The molecular formula is C29H49NS2. The largest absolute Gasteiger partial charge is 0.201 e. The van der Waals surface area contributed by atoms with E-state index in [1.165, 1.54) is 25.8 Å². The van der Waals surface area contributed by atoms with E-state index in [4.69, 9.17) is 0 Å². The molecule has 0 saturated carbocycles. The Morgan fingerprint density at radius 2 is 1.22 bits per heavy atom. The first kappa shape index (κ1) is 32.7. The summed E-state index contributed by atoms with van der Waals surface area (Å²) in [4.78, 5) is 4.23. The van der Waals surface area contributed by atoms with Gasteiger partial charge >= 0.3 is 0 Å². The number of hydrogen-bond acceptors (Lipinski definition) is 3. The van der Waals surface area contributed by atoms with Gasteiger partial charge in [-0.2, -0.15) is 0 Å². The van der Waals surface area contributed by atoms with Crippen LogP contribution in [0.2, 0.25) is 0 Å². The quantitative estimate of drug-likeness (QED) is 0.315. The lowest BCUT2D eigenvalue weighted by molar-refractivity contribution is 0.590. The van der Waals surface area contributed by atoms with Crippen LogP contribution >= 0.6 is 22.9 Å². The summed E-state index contributed by atoms with van der Waals surface area (Å²) in [5.74, 6) is 0. The molecule has 0 atom stereocenters. The number of benzene rings is 1. The number of hydrogen-bond donors (Lipinski definition) is 0. The summed E-state index contributed by atoms with van der Waals surface area (Å²) in [6, 6.07) is 15.2. The Morgan fingerprint density at radius 1 is 0.656 bits per heavy atom. The summed E-state index contributed by atoms with van der Waals surface area (Å²) < 4.78 is 4.03. The average Bonchev–Trinajstić information content (AvgIpc) is 3.25. The van der Waals surface area contributed by atoms with E-state index in [9.17, 15) is 0 Å². The molecule has 0 saturated heterocycles. The van der Waals surface area contributed by atoms with Crippen molar-refractivity contribution < 1.29 is 0 Å². The topological polar surface area (TPSA) is 12.9 Å². The molecule has 182 valence electrons. The summed E-state index contributed by atoms with van der Waals surface area (Å²) in [6.45, 7) is 24.3. The van der Waals surface area contributed by atoms with Crippen LogP contribution in [0.3, 0.4) is 0 Å². The molecule has 0 N–H and O–H groups in total. The Hall–Kier alpha value is -1.45. The molecule has 1 aromatic carbocycles. The van der Waals surface area contributed by atoms with Crippen LogP contribution in [-0.2, 0) is 16.2 Å². The van der Waals surface area contributed by atoms with Crippen LogP contribution in [0.5, 0.6) is 0 Å². The van der Waals surface area contributed by atoms with Gasteiger partial charge in [-0.1, -0.05) is 107 Å². The minimum absolute atomic E-state index is 0. The van der Waals surface area contributed by atoms with Crippen LogP contribution in [0.1, 0.15) is 103 Å². The molecule has 0 fully saturated rings. The minimum Gasteiger partial charge on any atom is -0.201 e. The zero-order valence-corrected chi connectivity index (χ0v) is 22.5. The number of nitrogens with zero attached hydrogens (tertiary/aromatic N) is 1. The molecule has 32 heavy (non-hydrogen) atoms. The normalized spacial score (nSPS) is 11.1. The maximum Gasteiger partial charge on any atom is 0.0409 e. The molecule has 3 rings (SSSR count). The van der Waals surface area contributed by atoms with Crippen molar-refractivity contribution in [2.75, 3.05) is 0 Å². The van der Waals surface area contributed by atoms with Gasteiger partial charge in [0, 0.05) is 20.8 Å². The van der Waals surface area contributed by atoms with Crippen molar-refractivity contribution in [1.29, 1.82) is 0 Å². The third-order valence-electron chi connectivity index (χ3n) is 4.54. The summed E-state index contributed by atoms with van der Waals surface area (Å²) in [7, 11) is 0. The summed E-state index contributed by atoms with van der Waals surface area (Å²) in [5, 5.41) is 0. The second-order valence-corrected chi connectivity index (χ2v) is 13.0. The molecule has 0 unspecified atom stereocenters. The lowest BCUT2D eigenvalue weighted by Gasteiger charge is -2.19. The zero-order valence-electron chi connectivity index (χ0n) is 20.9. The van der Waals surface area contributed by atoms with E-state index >= 15 is 0 Å². The third kappa shape index (κ3) is 12.0. The predicted octanol–water partition coefficient (Wildman–Crippen LogP) is 10.4. The van der Waals surface area contributed by atoms with Crippen molar-refractivity contribution in [3.8, 4) is 0 Å². The van der Waals surface area contributed by atoms with E-state index in [1.54, 1.807) is 11.5 Å². The van der Waals surface area contributed by atoms with E-state index < -0.39 is 0 Å². The fourth-order valence-corrected chi connectivity index (χ4v) is 4.11. The summed E-state index contributed by atoms with van der Waals surface area (Å²) in [5.41, 5.74) is 3.65. The van der Waals surface area contributed by atoms with Crippen LogP contribution in [0.25, 0.3) is 0 Å². The van der Waals surface area contributed by atoms with Gasteiger partial charge in [-0.05, 0) is 65.4 Å². The first-order valence-electron chi connectivity index (χ1n) is 10.7. The average molecular weight is 476 g/mol. The second-order valence-electron chi connectivity index (χ2n) is 10.9. The fraction of sp³-hybridized carbons (Fsp3) is 0.552. The van der Waals surface area contributed by atoms with Gasteiger partial charge in [0.05, 0.1) is 0 Å². The summed E-state index contributed by atoms with van der Waals surface area (Å²) in [6.07, 6.45) is 1.85. The number of thiophene rings is 1. The first-order chi connectivity index (χ1) is 13.6. The van der Waals surface area contributed by atoms with E-state index in [2.05, 4.69) is 123 Å². The summed E-state index contributed by atoms with van der Waals surface area (Å²) >= 11 is 3.47. The zero-order chi connectivity index (χ0) is 23.2. The highest BCUT2D eigenvalue weighted by Crippen LogP contribution is 2.28. The van der Waals surface area contributed by atoms with Crippen molar-refractivity contribution in [2.24, 2.45) is 0 Å². The van der Waals surface area contributed by atoms with Gasteiger partial charge in [0.25, 0.3) is 0 Å². The van der Waals surface area contributed by atoms with Gasteiger partial charge in [0.1, 0.15) is 0 Å². The SMILES string of the molecule is C.C.CC(C)(C)c1ccns1.Cc1ccc(C(C)(C)C)s1.Cc1cccc(C(C)(C)C)c1. The van der Waals surface area contributed by atoms with Gasteiger partial charge in [0.15, 0.2) is 0 Å². The van der Waals surface area contributed by atoms with E-state index in [-0.39, 0.29) is 25.7 Å². The smallest absolute Gasteiger partial charge is 0.0409 e. The molecule has 2 heterocycles. The van der Waals surface area contributed by atoms with E-state index in [0.29, 0.717) is 5.41 Å². The van der Waals surface area contributed by atoms with Crippen molar-refractivity contribution in [3.05, 3.63) is 74.4 Å². The predicted molar refractivity (Wildman–Crippen MR) is 152 cm³/mol. The highest BCUT2D eigenvalue weighted by molar-refractivity contribution is 7.12. The second kappa shape index (κ2) is 13.3. The third-order valence-corrected chi connectivity index (χ3v) is 7.14. The lowest BCUT2D eigenvalue weighted by atomic mass is 9.86. The standard InChI is InChI=1S/C11H16.C9H14S.C7H11NS.2CH4/c1-9-6-5-7-10(8-9)11(2,3)4;1-7-5-6-8(10-7)9(2,3)4;1-7(2,3)6-4-5-8-9-6;;/h5-8H,1-4H3;5-6H,1-4H3;4-5H,1-3H3;2*1H4. The highest BCUT2D eigenvalue weighted by Gasteiger charge is 2.15. The Bertz CT molecular complexity index is 867. The van der Waals surface area contributed by atoms with E-state index in [1.807, 2.05) is 17.5 Å². The molecule has 3 heteroatoms. The number of rotatable bonds is 0. The molecule has 0 radical (unpaired) electrons. The van der Waals surface area contributed by atoms with Crippen LogP contribution in [0.4, 0.5) is 0 Å². The molecule has 0 aliphatic heterocycles. The number of aromatic nitrogens is 1. The van der Waals surface area contributed by atoms with Crippen LogP contribution in [-0.4, -0.2) is 4.37 Å². The Balaban J connectivity index is 0. The molecular weight excluding hydrogens is 426 g/mol. The highest BCUT2D eigenvalue weighted by atomic mass is 32.1. The van der Waals surface area contributed by atoms with Gasteiger partial charge in [-0.3, -0.25) is 0 Å². The molecule has 2 aromatic heterocycles. The van der Waals surface area contributed by atoms with Gasteiger partial charge < -0.3 is 0 Å². The Morgan fingerprint density at radius 3 is 1.47 bits per heavy atom. The van der Waals surface area contributed by atoms with Gasteiger partial charge in [-0.15, -0.1) is 11.3 Å². The van der Waals surface area contributed by atoms with E-state index in [0.717, 1.165) is 0 Å². The Labute approximate surface area is 208 Å². The van der Waals surface area contributed by atoms with Crippen LogP contribution in [0, 0.1) is 13.8 Å². The molecule has 0 aliphatic carbocycles.